The molecule has 5 heteroatoms. The highest BCUT2D eigenvalue weighted by molar-refractivity contribution is 5.99. The van der Waals surface area contributed by atoms with Crippen molar-refractivity contribution in [2.24, 2.45) is 5.41 Å². The molecular weight excluding hydrogens is 292 g/mol. The first-order valence-corrected chi connectivity index (χ1v) is 8.08. The summed E-state index contributed by atoms with van der Waals surface area (Å²) in [6.45, 7) is 11.0. The number of hydrogen-bond donors (Lipinski definition) is 0. The number of carbonyl (C=O) groups is 1. The van der Waals surface area contributed by atoms with Crippen LogP contribution in [0.2, 0.25) is 0 Å². The van der Waals surface area contributed by atoms with Gasteiger partial charge in [0.1, 0.15) is 17.1 Å². The topological polar surface area (TPSA) is 42.0 Å². The van der Waals surface area contributed by atoms with E-state index in [1.165, 1.54) is 0 Å². The van der Waals surface area contributed by atoms with E-state index < -0.39 is 0 Å². The van der Waals surface area contributed by atoms with Crippen LogP contribution in [0.25, 0.3) is 0 Å². The third-order valence-electron chi connectivity index (χ3n) is 4.00. The number of nitrogens with zero attached hydrogens (tertiary/aromatic N) is 2. The fraction of sp³-hybridized carbons (Fsp3) is 0.611. The van der Waals surface area contributed by atoms with Crippen LogP contribution in [0.4, 0.5) is 0 Å². The summed E-state index contributed by atoms with van der Waals surface area (Å²) in [6, 6.07) is 5.42. The van der Waals surface area contributed by atoms with E-state index in [-0.39, 0.29) is 11.3 Å². The molecule has 23 heavy (non-hydrogen) atoms. The summed E-state index contributed by atoms with van der Waals surface area (Å²) in [6.07, 6.45) is 0. The second-order valence-corrected chi connectivity index (χ2v) is 7.17. The first-order valence-electron chi connectivity index (χ1n) is 8.08. The van der Waals surface area contributed by atoms with Crippen LogP contribution in [-0.2, 0) is 0 Å². The number of methoxy groups -OCH3 is 2. The highest BCUT2D eigenvalue weighted by atomic mass is 16.5. The Morgan fingerprint density at radius 1 is 1.04 bits per heavy atom. The van der Waals surface area contributed by atoms with Crippen molar-refractivity contribution in [1.29, 1.82) is 0 Å². The summed E-state index contributed by atoms with van der Waals surface area (Å²) < 4.78 is 10.7. The largest absolute Gasteiger partial charge is 0.496 e. The summed E-state index contributed by atoms with van der Waals surface area (Å²) >= 11 is 0. The number of amides is 1. The van der Waals surface area contributed by atoms with Gasteiger partial charge in [0.05, 0.1) is 14.2 Å². The molecule has 0 radical (unpaired) electrons. The number of carbonyl (C=O) groups excluding carboxylic acids is 1. The van der Waals surface area contributed by atoms with Gasteiger partial charge in [0, 0.05) is 32.7 Å². The van der Waals surface area contributed by atoms with E-state index in [0.29, 0.717) is 17.1 Å². The number of hydrogen-bond acceptors (Lipinski definition) is 4. The van der Waals surface area contributed by atoms with E-state index in [2.05, 4.69) is 25.7 Å². The Bertz CT molecular complexity index is 521. The molecule has 0 saturated carbocycles. The van der Waals surface area contributed by atoms with E-state index in [9.17, 15) is 4.79 Å². The van der Waals surface area contributed by atoms with Crippen molar-refractivity contribution in [3.63, 3.8) is 0 Å². The van der Waals surface area contributed by atoms with Crippen molar-refractivity contribution < 1.29 is 14.3 Å². The van der Waals surface area contributed by atoms with Gasteiger partial charge in [-0.3, -0.25) is 9.69 Å². The molecule has 1 aromatic carbocycles. The van der Waals surface area contributed by atoms with Gasteiger partial charge in [-0.2, -0.15) is 0 Å². The van der Waals surface area contributed by atoms with E-state index in [1.807, 2.05) is 11.0 Å². The zero-order valence-corrected chi connectivity index (χ0v) is 14.9. The Morgan fingerprint density at radius 3 is 2.00 bits per heavy atom. The van der Waals surface area contributed by atoms with Crippen molar-refractivity contribution >= 4 is 5.91 Å². The Morgan fingerprint density at radius 2 is 1.57 bits per heavy atom. The SMILES string of the molecule is COc1cccc(OC)c1C(=O)N1CCN(CC(C)(C)C)CC1. The Hall–Kier alpha value is -1.75. The van der Waals surface area contributed by atoms with Gasteiger partial charge in [-0.15, -0.1) is 0 Å². The van der Waals surface area contributed by atoms with Gasteiger partial charge in [0.2, 0.25) is 0 Å². The molecule has 0 unspecified atom stereocenters. The Kier molecular flexibility index (Phi) is 5.52. The van der Waals surface area contributed by atoms with E-state index in [0.717, 1.165) is 32.7 Å². The minimum absolute atomic E-state index is 0.0188. The maximum absolute atomic E-state index is 12.9. The van der Waals surface area contributed by atoms with Crippen LogP contribution in [-0.4, -0.2) is 62.7 Å². The third-order valence-corrected chi connectivity index (χ3v) is 4.00. The number of benzene rings is 1. The predicted octanol–water partition coefficient (Wildman–Crippen LogP) is 2.51. The van der Waals surface area contributed by atoms with Crippen LogP contribution in [0.3, 0.4) is 0 Å². The maximum atomic E-state index is 12.9. The second-order valence-electron chi connectivity index (χ2n) is 7.17. The van der Waals surface area contributed by atoms with Gasteiger partial charge in [0.25, 0.3) is 5.91 Å². The monoisotopic (exact) mass is 320 g/mol. The fourth-order valence-corrected chi connectivity index (χ4v) is 3.00. The molecule has 0 spiro atoms. The summed E-state index contributed by atoms with van der Waals surface area (Å²) in [5, 5.41) is 0. The van der Waals surface area contributed by atoms with Crippen molar-refractivity contribution in [2.45, 2.75) is 20.8 Å². The Balaban J connectivity index is 2.09. The zero-order valence-electron chi connectivity index (χ0n) is 14.9. The van der Waals surface area contributed by atoms with Crippen molar-refractivity contribution in [3.05, 3.63) is 23.8 Å². The minimum Gasteiger partial charge on any atom is -0.496 e. The molecule has 1 saturated heterocycles. The molecule has 1 aromatic rings. The van der Waals surface area contributed by atoms with Crippen LogP contribution < -0.4 is 9.47 Å². The van der Waals surface area contributed by atoms with Crippen LogP contribution in [0.15, 0.2) is 18.2 Å². The molecular formula is C18H28N2O3. The number of rotatable bonds is 4. The van der Waals surface area contributed by atoms with Crippen LogP contribution >= 0.6 is 0 Å². The summed E-state index contributed by atoms with van der Waals surface area (Å²) in [5.41, 5.74) is 0.791. The normalized spacial score (nSPS) is 16.3. The van der Waals surface area contributed by atoms with E-state index in [1.54, 1.807) is 26.4 Å². The lowest BCUT2D eigenvalue weighted by molar-refractivity contribution is 0.0586. The predicted molar refractivity (Wildman–Crippen MR) is 91.3 cm³/mol. The molecule has 1 aliphatic rings. The van der Waals surface area contributed by atoms with E-state index >= 15 is 0 Å². The standard InChI is InChI=1S/C18H28N2O3/c1-18(2,3)13-19-9-11-20(12-10-19)17(21)16-14(22-4)7-6-8-15(16)23-5/h6-8H,9-13H2,1-5H3. The van der Waals surface area contributed by atoms with E-state index in [4.69, 9.17) is 9.47 Å². The molecule has 0 N–H and O–H groups in total. The van der Waals surface area contributed by atoms with Gasteiger partial charge < -0.3 is 14.4 Å². The summed E-state index contributed by atoms with van der Waals surface area (Å²) in [7, 11) is 3.15. The molecule has 0 aliphatic carbocycles. The minimum atomic E-state index is -0.0188. The van der Waals surface area contributed by atoms with Gasteiger partial charge in [-0.1, -0.05) is 26.8 Å². The summed E-state index contributed by atoms with van der Waals surface area (Å²) in [4.78, 5) is 17.2. The van der Waals surface area contributed by atoms with Gasteiger partial charge in [-0.25, -0.2) is 0 Å². The van der Waals surface area contributed by atoms with Crippen LogP contribution in [0, 0.1) is 5.41 Å². The number of piperazine rings is 1. The van der Waals surface area contributed by atoms with Gasteiger partial charge >= 0.3 is 0 Å². The first-order chi connectivity index (χ1) is 10.9. The third kappa shape index (κ3) is 4.38. The summed E-state index contributed by atoms with van der Waals surface area (Å²) in [5.74, 6) is 1.10. The van der Waals surface area contributed by atoms with Crippen LogP contribution in [0.1, 0.15) is 31.1 Å². The molecule has 1 aliphatic heterocycles. The number of ether oxygens (including phenoxy) is 2. The molecule has 5 nitrogen and oxygen atoms in total. The molecule has 1 heterocycles. The quantitative estimate of drug-likeness (QED) is 0.855. The molecule has 1 amide bonds. The molecule has 0 bridgehead atoms. The lowest BCUT2D eigenvalue weighted by Crippen LogP contribution is -2.50. The average Bonchev–Trinajstić information content (AvgIpc) is 2.52. The van der Waals surface area contributed by atoms with Gasteiger partial charge in [0.15, 0.2) is 0 Å². The van der Waals surface area contributed by atoms with Crippen LogP contribution in [0.5, 0.6) is 11.5 Å². The maximum Gasteiger partial charge on any atom is 0.261 e. The average molecular weight is 320 g/mol. The highest BCUT2D eigenvalue weighted by Gasteiger charge is 2.28. The van der Waals surface area contributed by atoms with Crippen molar-refractivity contribution in [2.75, 3.05) is 46.9 Å². The smallest absolute Gasteiger partial charge is 0.261 e. The molecule has 0 aromatic heterocycles. The highest BCUT2D eigenvalue weighted by Crippen LogP contribution is 2.30. The molecule has 128 valence electrons. The second kappa shape index (κ2) is 7.21. The molecule has 1 fully saturated rings. The molecule has 0 atom stereocenters. The Labute approximate surface area is 139 Å². The van der Waals surface area contributed by atoms with Crippen molar-refractivity contribution in [3.8, 4) is 11.5 Å². The molecule has 2 rings (SSSR count). The van der Waals surface area contributed by atoms with Gasteiger partial charge in [-0.05, 0) is 17.5 Å². The first kappa shape index (κ1) is 17.6. The van der Waals surface area contributed by atoms with Crippen molar-refractivity contribution in [1.82, 2.24) is 9.80 Å². The lowest BCUT2D eigenvalue weighted by Gasteiger charge is -2.38. The lowest BCUT2D eigenvalue weighted by atomic mass is 9.96. The zero-order chi connectivity index (χ0) is 17.0. The fourth-order valence-electron chi connectivity index (χ4n) is 3.00.